The van der Waals surface area contributed by atoms with E-state index in [0.29, 0.717) is 19.8 Å². The van der Waals surface area contributed by atoms with Crippen LogP contribution >= 0.6 is 0 Å². The Kier molecular flexibility index (Phi) is 6.65. The highest BCUT2D eigenvalue weighted by atomic mass is 16.5. The highest BCUT2D eigenvalue weighted by Gasteiger charge is 2.08. The summed E-state index contributed by atoms with van der Waals surface area (Å²) < 4.78 is 5.49. The molecule has 0 bridgehead atoms. The molecular weight excluding hydrogens is 226 g/mol. The van der Waals surface area contributed by atoms with Crippen LogP contribution in [0.4, 0.5) is 0 Å². The van der Waals surface area contributed by atoms with E-state index in [2.05, 4.69) is 6.58 Å². The molecule has 0 heterocycles. The lowest BCUT2D eigenvalue weighted by Gasteiger charge is -2.20. The maximum Gasteiger partial charge on any atom is 0.0900 e. The Morgan fingerprint density at radius 1 is 1.39 bits per heavy atom. The van der Waals surface area contributed by atoms with E-state index in [1.807, 2.05) is 49.2 Å². The highest BCUT2D eigenvalue weighted by Crippen LogP contribution is 2.02. The van der Waals surface area contributed by atoms with Gasteiger partial charge in [-0.1, -0.05) is 42.5 Å². The summed E-state index contributed by atoms with van der Waals surface area (Å²) in [5.74, 6) is 0. The first-order chi connectivity index (χ1) is 8.58. The molecule has 1 atom stereocenters. The summed E-state index contributed by atoms with van der Waals surface area (Å²) in [4.78, 5) is 2.04. The fourth-order valence-electron chi connectivity index (χ4n) is 1.82. The van der Waals surface area contributed by atoms with Gasteiger partial charge in [0.05, 0.1) is 19.3 Å². The summed E-state index contributed by atoms with van der Waals surface area (Å²) in [5.41, 5.74) is 2.22. The Hall–Kier alpha value is -1.16. The molecule has 3 nitrogen and oxygen atoms in total. The summed E-state index contributed by atoms with van der Waals surface area (Å²) in [6.45, 7) is 8.13. The molecule has 0 spiro atoms. The van der Waals surface area contributed by atoms with Gasteiger partial charge in [-0.25, -0.2) is 0 Å². The van der Waals surface area contributed by atoms with Crippen molar-refractivity contribution in [3.05, 3.63) is 48.0 Å². The Morgan fingerprint density at radius 2 is 2.06 bits per heavy atom. The Balaban J connectivity index is 2.17. The molecule has 3 heteroatoms. The van der Waals surface area contributed by atoms with Crippen LogP contribution in [0.1, 0.15) is 12.5 Å². The first-order valence-corrected chi connectivity index (χ1v) is 6.20. The molecule has 0 aliphatic heterocycles. The molecule has 0 saturated heterocycles. The maximum absolute atomic E-state index is 9.81. The lowest BCUT2D eigenvalue weighted by molar-refractivity contribution is 0.0149. The SMILES string of the molecule is C=C(C)CN(C)CC(O)COCc1ccccc1. The van der Waals surface area contributed by atoms with Gasteiger partial charge in [0.2, 0.25) is 0 Å². The van der Waals surface area contributed by atoms with Gasteiger partial charge in [-0.15, -0.1) is 0 Å². The van der Waals surface area contributed by atoms with Crippen molar-refractivity contribution in [1.82, 2.24) is 4.90 Å². The normalized spacial score (nSPS) is 12.7. The van der Waals surface area contributed by atoms with Crippen LogP contribution < -0.4 is 0 Å². The van der Waals surface area contributed by atoms with E-state index in [9.17, 15) is 5.11 Å². The molecule has 0 aliphatic carbocycles. The molecule has 18 heavy (non-hydrogen) atoms. The number of ether oxygens (including phenoxy) is 1. The van der Waals surface area contributed by atoms with Crippen LogP contribution in [0.2, 0.25) is 0 Å². The van der Waals surface area contributed by atoms with Gasteiger partial charge in [-0.2, -0.15) is 0 Å². The largest absolute Gasteiger partial charge is 0.389 e. The van der Waals surface area contributed by atoms with Gasteiger partial charge in [0.25, 0.3) is 0 Å². The number of hydrogen-bond acceptors (Lipinski definition) is 3. The number of rotatable bonds is 8. The van der Waals surface area contributed by atoms with Crippen LogP contribution in [-0.4, -0.2) is 42.9 Å². The Bertz CT molecular complexity index is 351. The first-order valence-electron chi connectivity index (χ1n) is 6.20. The molecule has 0 amide bonds. The van der Waals surface area contributed by atoms with E-state index in [-0.39, 0.29) is 0 Å². The van der Waals surface area contributed by atoms with Gasteiger partial charge >= 0.3 is 0 Å². The summed E-state index contributed by atoms with van der Waals surface area (Å²) in [5, 5.41) is 9.81. The minimum absolute atomic E-state index is 0.357. The van der Waals surface area contributed by atoms with Crippen LogP contribution in [0.15, 0.2) is 42.5 Å². The van der Waals surface area contributed by atoms with Crippen molar-refractivity contribution >= 4 is 0 Å². The average molecular weight is 249 g/mol. The van der Waals surface area contributed by atoms with Crippen LogP contribution in [0.3, 0.4) is 0 Å². The molecule has 0 radical (unpaired) electrons. The molecule has 1 rings (SSSR count). The van der Waals surface area contributed by atoms with Gasteiger partial charge in [-0.05, 0) is 19.5 Å². The molecule has 0 saturated carbocycles. The molecule has 0 aromatic heterocycles. The molecule has 1 aromatic carbocycles. The fourth-order valence-corrected chi connectivity index (χ4v) is 1.82. The predicted octanol–water partition coefficient (Wildman–Crippen LogP) is 2.07. The molecule has 1 unspecified atom stereocenters. The minimum Gasteiger partial charge on any atom is -0.389 e. The van der Waals surface area contributed by atoms with Gasteiger partial charge in [-0.3, -0.25) is 4.90 Å². The van der Waals surface area contributed by atoms with Gasteiger partial charge < -0.3 is 9.84 Å². The Morgan fingerprint density at radius 3 is 2.67 bits per heavy atom. The number of hydrogen-bond donors (Lipinski definition) is 1. The van der Waals surface area contributed by atoms with Crippen LogP contribution in [0.25, 0.3) is 0 Å². The van der Waals surface area contributed by atoms with Crippen molar-refractivity contribution in [2.24, 2.45) is 0 Å². The second kappa shape index (κ2) is 8.03. The smallest absolute Gasteiger partial charge is 0.0900 e. The van der Waals surface area contributed by atoms with Crippen molar-refractivity contribution in [3.63, 3.8) is 0 Å². The van der Waals surface area contributed by atoms with E-state index in [0.717, 1.165) is 17.7 Å². The summed E-state index contributed by atoms with van der Waals surface area (Å²) in [6.07, 6.45) is -0.460. The van der Waals surface area contributed by atoms with Gasteiger partial charge in [0.1, 0.15) is 0 Å². The Labute approximate surface area is 110 Å². The van der Waals surface area contributed by atoms with E-state index in [4.69, 9.17) is 4.74 Å². The second-order valence-electron chi connectivity index (χ2n) is 4.81. The zero-order chi connectivity index (χ0) is 13.4. The molecule has 100 valence electrons. The number of aliphatic hydroxyl groups is 1. The van der Waals surface area contributed by atoms with E-state index < -0.39 is 6.10 Å². The number of benzene rings is 1. The third kappa shape index (κ3) is 6.55. The standard InChI is InChI=1S/C15H23NO2/c1-13(2)9-16(3)10-15(17)12-18-11-14-7-5-4-6-8-14/h4-8,15,17H,1,9-12H2,2-3H3. The fraction of sp³-hybridized carbons (Fsp3) is 0.467. The van der Waals surface area contributed by atoms with E-state index in [1.54, 1.807) is 0 Å². The first kappa shape index (κ1) is 14.9. The topological polar surface area (TPSA) is 32.7 Å². The number of likely N-dealkylation sites (N-methyl/N-ethyl adjacent to an activating group) is 1. The van der Waals surface area contributed by atoms with Crippen molar-refractivity contribution < 1.29 is 9.84 Å². The molecule has 0 fully saturated rings. The minimum atomic E-state index is -0.460. The predicted molar refractivity (Wildman–Crippen MR) is 74.4 cm³/mol. The maximum atomic E-state index is 9.81. The van der Waals surface area contributed by atoms with Crippen molar-refractivity contribution in [3.8, 4) is 0 Å². The average Bonchev–Trinajstić information content (AvgIpc) is 2.29. The number of nitrogens with zero attached hydrogens (tertiary/aromatic N) is 1. The third-order valence-electron chi connectivity index (χ3n) is 2.48. The van der Waals surface area contributed by atoms with Crippen LogP contribution in [0.5, 0.6) is 0 Å². The molecular formula is C15H23NO2. The molecule has 1 N–H and O–H groups in total. The van der Waals surface area contributed by atoms with Crippen LogP contribution in [0, 0.1) is 0 Å². The zero-order valence-corrected chi connectivity index (χ0v) is 11.3. The quantitative estimate of drug-likeness (QED) is 0.716. The third-order valence-corrected chi connectivity index (χ3v) is 2.48. The summed E-state index contributed by atoms with van der Waals surface area (Å²) in [7, 11) is 1.97. The molecule has 1 aromatic rings. The zero-order valence-electron chi connectivity index (χ0n) is 11.3. The van der Waals surface area contributed by atoms with E-state index >= 15 is 0 Å². The lowest BCUT2D eigenvalue weighted by Crippen LogP contribution is -2.33. The van der Waals surface area contributed by atoms with Crippen molar-refractivity contribution in [2.75, 3.05) is 26.7 Å². The van der Waals surface area contributed by atoms with Gasteiger partial charge in [0.15, 0.2) is 0 Å². The van der Waals surface area contributed by atoms with E-state index in [1.165, 1.54) is 0 Å². The van der Waals surface area contributed by atoms with Crippen molar-refractivity contribution in [2.45, 2.75) is 19.6 Å². The molecule has 0 aliphatic rings. The summed E-state index contributed by atoms with van der Waals surface area (Å²) in [6, 6.07) is 9.97. The second-order valence-corrected chi connectivity index (χ2v) is 4.81. The highest BCUT2D eigenvalue weighted by molar-refractivity contribution is 5.13. The summed E-state index contributed by atoms with van der Waals surface area (Å²) >= 11 is 0. The lowest BCUT2D eigenvalue weighted by atomic mass is 10.2. The van der Waals surface area contributed by atoms with Gasteiger partial charge in [0, 0.05) is 13.1 Å². The monoisotopic (exact) mass is 249 g/mol. The van der Waals surface area contributed by atoms with Crippen LogP contribution in [-0.2, 0) is 11.3 Å². The van der Waals surface area contributed by atoms with Crippen molar-refractivity contribution in [1.29, 1.82) is 0 Å². The number of aliphatic hydroxyl groups excluding tert-OH is 1.